The van der Waals surface area contributed by atoms with E-state index in [1.165, 1.54) is 5.56 Å². The molecule has 0 unspecified atom stereocenters. The number of fused-ring (bicyclic) bond motifs is 1. The fourth-order valence-corrected chi connectivity index (χ4v) is 1.86. The van der Waals surface area contributed by atoms with Crippen LogP contribution >= 0.6 is 0 Å². The van der Waals surface area contributed by atoms with Gasteiger partial charge in [-0.2, -0.15) is 0 Å². The predicted octanol–water partition coefficient (Wildman–Crippen LogP) is 1.89. The van der Waals surface area contributed by atoms with Crippen molar-refractivity contribution in [2.24, 2.45) is 5.73 Å². The molecular formula is C14H16N2O2. The number of aryl methyl sites for hydroxylation is 2. The zero-order chi connectivity index (χ0) is 13.1. The van der Waals surface area contributed by atoms with Gasteiger partial charge in [0.1, 0.15) is 6.04 Å². The molecule has 0 fully saturated rings. The third-order valence-corrected chi connectivity index (χ3v) is 2.96. The van der Waals surface area contributed by atoms with Gasteiger partial charge in [-0.25, -0.2) is 0 Å². The molecule has 1 aromatic carbocycles. The lowest BCUT2D eigenvalue weighted by Gasteiger charge is -2.07. The van der Waals surface area contributed by atoms with E-state index in [-0.39, 0.29) is 0 Å². The summed E-state index contributed by atoms with van der Waals surface area (Å²) in [6, 6.07) is 7.33. The van der Waals surface area contributed by atoms with Crippen molar-refractivity contribution in [1.29, 1.82) is 0 Å². The van der Waals surface area contributed by atoms with Crippen LogP contribution < -0.4 is 5.73 Å². The Morgan fingerprint density at radius 1 is 1.44 bits per heavy atom. The molecule has 2 aromatic rings. The van der Waals surface area contributed by atoms with Crippen LogP contribution in [0.4, 0.5) is 0 Å². The van der Waals surface area contributed by atoms with Crippen LogP contribution in [0.15, 0.2) is 30.5 Å². The van der Waals surface area contributed by atoms with E-state index >= 15 is 0 Å². The van der Waals surface area contributed by atoms with Crippen molar-refractivity contribution in [2.45, 2.75) is 25.8 Å². The third-order valence-electron chi connectivity index (χ3n) is 2.96. The summed E-state index contributed by atoms with van der Waals surface area (Å²) in [6.45, 7) is 2.03. The number of nitrogens with two attached hydrogens (primary N) is 1. The van der Waals surface area contributed by atoms with Crippen molar-refractivity contribution in [3.05, 3.63) is 41.6 Å². The van der Waals surface area contributed by atoms with Gasteiger partial charge in [-0.15, -0.1) is 0 Å². The molecule has 1 heterocycles. The summed E-state index contributed by atoms with van der Waals surface area (Å²) in [5.41, 5.74) is 8.63. The first kappa shape index (κ1) is 12.5. The number of hydrogen-bond donors (Lipinski definition) is 2. The highest BCUT2D eigenvalue weighted by Gasteiger charge is 2.11. The summed E-state index contributed by atoms with van der Waals surface area (Å²) in [7, 11) is 0. The van der Waals surface area contributed by atoms with E-state index in [2.05, 4.69) is 4.98 Å². The van der Waals surface area contributed by atoms with Crippen molar-refractivity contribution < 1.29 is 9.90 Å². The molecule has 4 heteroatoms. The van der Waals surface area contributed by atoms with Gasteiger partial charge in [-0.3, -0.25) is 9.78 Å². The number of benzene rings is 1. The number of carboxylic acid groups (broad SMARTS) is 1. The van der Waals surface area contributed by atoms with Gasteiger partial charge in [-0.1, -0.05) is 12.1 Å². The van der Waals surface area contributed by atoms with E-state index in [0.29, 0.717) is 12.8 Å². The number of pyridine rings is 1. The smallest absolute Gasteiger partial charge is 0.320 e. The number of aromatic nitrogens is 1. The van der Waals surface area contributed by atoms with Gasteiger partial charge in [0, 0.05) is 11.6 Å². The Labute approximate surface area is 105 Å². The molecule has 94 valence electrons. The molecule has 1 atom stereocenters. The van der Waals surface area contributed by atoms with Gasteiger partial charge in [0.25, 0.3) is 0 Å². The monoisotopic (exact) mass is 244 g/mol. The second kappa shape index (κ2) is 5.14. The molecule has 3 N–H and O–H groups in total. The summed E-state index contributed by atoms with van der Waals surface area (Å²) < 4.78 is 0. The van der Waals surface area contributed by atoms with Crippen molar-refractivity contribution >= 4 is 16.9 Å². The van der Waals surface area contributed by atoms with Crippen LogP contribution in [0.25, 0.3) is 10.9 Å². The topological polar surface area (TPSA) is 76.2 Å². The van der Waals surface area contributed by atoms with Crippen LogP contribution in [0.5, 0.6) is 0 Å². The Kier molecular flexibility index (Phi) is 3.58. The third kappa shape index (κ3) is 2.84. The minimum absolute atomic E-state index is 0.425. The van der Waals surface area contributed by atoms with Crippen molar-refractivity contribution in [1.82, 2.24) is 4.98 Å². The highest BCUT2D eigenvalue weighted by atomic mass is 16.4. The molecule has 18 heavy (non-hydrogen) atoms. The first-order valence-electron chi connectivity index (χ1n) is 5.90. The van der Waals surface area contributed by atoms with Crippen LogP contribution in [0, 0.1) is 6.92 Å². The number of aliphatic carboxylic acids is 1. The quantitative estimate of drug-likeness (QED) is 0.861. The van der Waals surface area contributed by atoms with Crippen LogP contribution in [0.2, 0.25) is 0 Å². The van der Waals surface area contributed by atoms with Gasteiger partial charge in [0.15, 0.2) is 0 Å². The lowest BCUT2D eigenvalue weighted by molar-refractivity contribution is -0.138. The number of nitrogens with zero attached hydrogens (tertiary/aromatic N) is 1. The highest BCUT2D eigenvalue weighted by Crippen LogP contribution is 2.16. The molecule has 4 nitrogen and oxygen atoms in total. The first-order valence-corrected chi connectivity index (χ1v) is 5.90. The lowest BCUT2D eigenvalue weighted by Crippen LogP contribution is -2.30. The number of hydrogen-bond acceptors (Lipinski definition) is 3. The minimum Gasteiger partial charge on any atom is -0.480 e. The second-order valence-corrected chi connectivity index (χ2v) is 4.52. The van der Waals surface area contributed by atoms with Gasteiger partial charge in [-0.05, 0) is 43.0 Å². The molecule has 0 aliphatic rings. The molecule has 1 aromatic heterocycles. The van der Waals surface area contributed by atoms with Crippen molar-refractivity contribution in [3.63, 3.8) is 0 Å². The molecule has 0 bridgehead atoms. The molecule has 0 radical (unpaired) electrons. The van der Waals surface area contributed by atoms with E-state index in [9.17, 15) is 4.79 Å². The molecule has 0 saturated carbocycles. The number of carboxylic acids is 1. The molecule has 0 amide bonds. The minimum atomic E-state index is -0.959. The predicted molar refractivity (Wildman–Crippen MR) is 70.4 cm³/mol. The average molecular weight is 244 g/mol. The van der Waals surface area contributed by atoms with E-state index in [1.54, 1.807) is 6.20 Å². The maximum atomic E-state index is 10.6. The number of rotatable bonds is 4. The zero-order valence-corrected chi connectivity index (χ0v) is 10.3. The maximum absolute atomic E-state index is 10.6. The summed E-state index contributed by atoms with van der Waals surface area (Å²) in [4.78, 5) is 15.0. The average Bonchev–Trinajstić information content (AvgIpc) is 2.35. The van der Waals surface area contributed by atoms with Gasteiger partial charge >= 0.3 is 5.97 Å². The fourth-order valence-electron chi connectivity index (χ4n) is 1.86. The van der Waals surface area contributed by atoms with E-state index in [1.807, 2.05) is 31.2 Å². The van der Waals surface area contributed by atoms with E-state index in [4.69, 9.17) is 10.8 Å². The summed E-state index contributed by atoms with van der Waals surface area (Å²) in [6.07, 6.45) is 2.84. The van der Waals surface area contributed by atoms with Crippen LogP contribution in [-0.2, 0) is 11.2 Å². The Hall–Kier alpha value is -1.94. The Balaban J connectivity index is 2.15. The Bertz CT molecular complexity index is 581. The van der Waals surface area contributed by atoms with Crippen molar-refractivity contribution in [3.8, 4) is 0 Å². The molecule has 0 spiro atoms. The molecule has 0 aliphatic carbocycles. The van der Waals surface area contributed by atoms with Gasteiger partial charge in [0.2, 0.25) is 0 Å². The Morgan fingerprint density at radius 2 is 2.22 bits per heavy atom. The zero-order valence-electron chi connectivity index (χ0n) is 10.3. The molecule has 0 aliphatic heterocycles. The lowest BCUT2D eigenvalue weighted by atomic mass is 10.0. The number of carbonyl (C=O) groups is 1. The summed E-state index contributed by atoms with van der Waals surface area (Å²) in [5.74, 6) is -0.959. The molecule has 0 saturated heterocycles. The summed E-state index contributed by atoms with van der Waals surface area (Å²) in [5, 5.41) is 9.79. The Morgan fingerprint density at radius 3 is 2.94 bits per heavy atom. The molecule has 2 rings (SSSR count). The standard InChI is InChI=1S/C14H16N2O2/c1-9-2-4-11-7-10(8-16-13(11)6-9)3-5-12(15)14(17)18/h2,4,6-8,12H,3,5,15H2,1H3,(H,17,18)/t12-/m0/s1. The van der Waals surface area contributed by atoms with Gasteiger partial charge < -0.3 is 10.8 Å². The normalized spacial score (nSPS) is 12.6. The maximum Gasteiger partial charge on any atom is 0.320 e. The van der Waals surface area contributed by atoms with Crippen molar-refractivity contribution in [2.75, 3.05) is 0 Å². The van der Waals surface area contributed by atoms with E-state index < -0.39 is 12.0 Å². The largest absolute Gasteiger partial charge is 0.480 e. The van der Waals surface area contributed by atoms with Crippen LogP contribution in [0.1, 0.15) is 17.5 Å². The highest BCUT2D eigenvalue weighted by molar-refractivity contribution is 5.79. The fraction of sp³-hybridized carbons (Fsp3) is 0.286. The van der Waals surface area contributed by atoms with E-state index in [0.717, 1.165) is 16.5 Å². The summed E-state index contributed by atoms with van der Waals surface area (Å²) >= 11 is 0. The first-order chi connectivity index (χ1) is 8.56. The van der Waals surface area contributed by atoms with Crippen LogP contribution in [-0.4, -0.2) is 22.1 Å². The second-order valence-electron chi connectivity index (χ2n) is 4.52. The van der Waals surface area contributed by atoms with Crippen LogP contribution in [0.3, 0.4) is 0 Å². The SMILES string of the molecule is Cc1ccc2cc(CC[C@H](N)C(=O)O)cnc2c1. The molecular weight excluding hydrogens is 228 g/mol. The van der Waals surface area contributed by atoms with Gasteiger partial charge in [0.05, 0.1) is 5.52 Å².